The van der Waals surface area contributed by atoms with Crippen molar-refractivity contribution in [2.24, 2.45) is 11.1 Å². The van der Waals surface area contributed by atoms with Crippen LogP contribution < -0.4 is 10.5 Å². The number of carbonyl (C=O) groups is 1. The Kier molecular flexibility index (Phi) is 7.08. The average Bonchev–Trinajstić information content (AvgIpc) is 3.38. The van der Waals surface area contributed by atoms with Crippen molar-refractivity contribution in [1.29, 1.82) is 0 Å². The van der Waals surface area contributed by atoms with Crippen LogP contribution in [0, 0.1) is 12.8 Å². The van der Waals surface area contributed by atoms with E-state index in [2.05, 4.69) is 25.5 Å². The Morgan fingerprint density at radius 2 is 2.12 bits per heavy atom. The number of ketones is 1. The Morgan fingerprint density at radius 3 is 2.88 bits per heavy atom. The minimum atomic E-state index is -4.09. The Morgan fingerprint density at radius 1 is 1.29 bits per heavy atom. The zero-order chi connectivity index (χ0) is 24.3. The highest BCUT2D eigenvalue weighted by Gasteiger charge is 2.35. The first-order chi connectivity index (χ1) is 16.2. The minimum absolute atomic E-state index is 0.173. The number of nitrogens with zero attached hydrogens (tertiary/aromatic N) is 2. The van der Waals surface area contributed by atoms with Crippen molar-refractivity contribution < 1.29 is 26.9 Å². The number of anilines is 1. The first-order valence-corrected chi connectivity index (χ1v) is 12.2. The van der Waals surface area contributed by atoms with Crippen LogP contribution in [0.1, 0.15) is 45.7 Å². The number of aliphatic hydroxyl groups excluding tert-OH is 1. The molecule has 0 radical (unpaired) electrons. The van der Waals surface area contributed by atoms with E-state index >= 15 is 0 Å². The van der Waals surface area contributed by atoms with Crippen LogP contribution in [0.25, 0.3) is 0 Å². The molecule has 180 valence electrons. The van der Waals surface area contributed by atoms with Crippen LogP contribution >= 0.6 is 0 Å². The predicted molar refractivity (Wildman–Crippen MR) is 123 cm³/mol. The average molecular weight is 487 g/mol. The highest BCUT2D eigenvalue weighted by molar-refractivity contribution is 7.84. The molecule has 3 aromatic rings. The summed E-state index contributed by atoms with van der Waals surface area (Å²) in [4.78, 5) is 21.3. The fourth-order valence-electron chi connectivity index (χ4n) is 4.16. The quantitative estimate of drug-likeness (QED) is 0.385. The molecule has 1 aromatic carbocycles. The summed E-state index contributed by atoms with van der Waals surface area (Å²) in [5.74, 6) is -0.314. The zero-order valence-corrected chi connectivity index (χ0v) is 19.4. The number of nitrogens with one attached hydrogen (secondary N) is 1. The molecule has 3 atom stereocenters. The van der Waals surface area contributed by atoms with Gasteiger partial charge in [-0.05, 0) is 37.0 Å². The van der Waals surface area contributed by atoms with Crippen molar-refractivity contribution >= 4 is 21.9 Å². The van der Waals surface area contributed by atoms with Crippen LogP contribution in [0.2, 0.25) is 0 Å². The van der Waals surface area contributed by atoms with Gasteiger partial charge in [-0.1, -0.05) is 29.8 Å². The zero-order valence-electron chi connectivity index (χ0n) is 18.5. The number of rotatable bonds is 9. The molecule has 1 fully saturated rings. The van der Waals surface area contributed by atoms with Crippen molar-refractivity contribution in [2.75, 3.05) is 11.9 Å². The first-order valence-electron chi connectivity index (χ1n) is 10.8. The lowest BCUT2D eigenvalue weighted by Crippen LogP contribution is -2.24. The van der Waals surface area contributed by atoms with Crippen LogP contribution in [0.15, 0.2) is 53.5 Å². The van der Waals surface area contributed by atoms with Gasteiger partial charge in [0, 0.05) is 24.6 Å². The van der Waals surface area contributed by atoms with E-state index in [9.17, 15) is 18.3 Å². The maximum absolute atomic E-state index is 13.1. The van der Waals surface area contributed by atoms with Crippen molar-refractivity contribution in [2.45, 2.75) is 38.3 Å². The van der Waals surface area contributed by atoms with Gasteiger partial charge >= 0.3 is 10.3 Å². The number of nitrogens with two attached hydrogens (primary N) is 1. The highest BCUT2D eigenvalue weighted by Crippen LogP contribution is 2.30. The van der Waals surface area contributed by atoms with Gasteiger partial charge in [-0.3, -0.25) is 8.98 Å². The molecule has 1 aliphatic carbocycles. The summed E-state index contributed by atoms with van der Waals surface area (Å²) < 4.78 is 32.2. The molecule has 1 aliphatic rings. The molecule has 11 heteroatoms. The third-order valence-electron chi connectivity index (χ3n) is 5.77. The molecule has 4 rings (SSSR count). The van der Waals surface area contributed by atoms with Gasteiger partial charge in [0.1, 0.15) is 12.1 Å². The van der Waals surface area contributed by atoms with E-state index in [1.54, 1.807) is 12.3 Å². The standard InChI is InChI=1S/C23H26N4O6S/c1-14-3-2-4-15(5-14)6-16-7-21(32-11-16)22(29)19-10-25-13-26-23(19)27-18-8-17(20(28)9-18)12-33-34(24,30)31/h2-5,7,10-11,13,17-18,20,28H,6,8-9,12H2,1H3,(H2,24,30,31)(H,25,26,27)/t17-,18-,20+/m1/s1. The summed E-state index contributed by atoms with van der Waals surface area (Å²) >= 11 is 0. The van der Waals surface area contributed by atoms with Gasteiger partial charge in [0.2, 0.25) is 5.78 Å². The molecule has 0 unspecified atom stereocenters. The van der Waals surface area contributed by atoms with Crippen LogP contribution in [0.5, 0.6) is 0 Å². The molecule has 2 heterocycles. The lowest BCUT2D eigenvalue weighted by Gasteiger charge is -2.15. The number of furan rings is 1. The van der Waals surface area contributed by atoms with Gasteiger partial charge in [-0.25, -0.2) is 15.1 Å². The molecule has 10 nitrogen and oxygen atoms in total. The topological polar surface area (TPSA) is 158 Å². The number of aryl methyl sites for hydroxylation is 1. The van der Waals surface area contributed by atoms with E-state index < -0.39 is 22.3 Å². The second-order valence-corrected chi connectivity index (χ2v) is 9.74. The van der Waals surface area contributed by atoms with E-state index in [1.807, 2.05) is 25.1 Å². The maximum Gasteiger partial charge on any atom is 0.333 e. The molecule has 4 N–H and O–H groups in total. The lowest BCUT2D eigenvalue weighted by molar-refractivity contribution is 0.100. The van der Waals surface area contributed by atoms with Gasteiger partial charge in [0.05, 0.1) is 24.5 Å². The Balaban J connectivity index is 1.44. The summed E-state index contributed by atoms with van der Waals surface area (Å²) in [5, 5.41) is 18.3. The monoisotopic (exact) mass is 486 g/mol. The molecule has 0 aliphatic heterocycles. The third-order valence-corrected chi connectivity index (χ3v) is 6.23. The normalized spacial score (nSPS) is 20.4. The second kappa shape index (κ2) is 10.0. The van der Waals surface area contributed by atoms with E-state index in [0.29, 0.717) is 25.1 Å². The second-order valence-electron chi connectivity index (χ2n) is 8.52. The summed E-state index contributed by atoms with van der Waals surface area (Å²) in [6.45, 7) is 1.81. The maximum atomic E-state index is 13.1. The smallest absolute Gasteiger partial charge is 0.333 e. The first kappa shape index (κ1) is 24.0. The van der Waals surface area contributed by atoms with Gasteiger partial charge in [0.15, 0.2) is 5.76 Å². The number of carbonyl (C=O) groups excluding carboxylic acids is 1. The fourth-order valence-corrected chi connectivity index (χ4v) is 4.53. The van der Waals surface area contributed by atoms with Crippen molar-refractivity contribution in [3.8, 4) is 0 Å². The molecular formula is C23H26N4O6S. The number of hydrogen-bond acceptors (Lipinski definition) is 9. The molecule has 34 heavy (non-hydrogen) atoms. The van der Waals surface area contributed by atoms with Crippen molar-refractivity contribution in [1.82, 2.24) is 9.97 Å². The summed E-state index contributed by atoms with van der Waals surface area (Å²) in [6, 6.07) is 9.57. The fraction of sp³-hybridized carbons (Fsp3) is 0.348. The summed E-state index contributed by atoms with van der Waals surface area (Å²) in [6.07, 6.45) is 4.89. The molecule has 0 saturated heterocycles. The number of hydrogen-bond donors (Lipinski definition) is 3. The van der Waals surface area contributed by atoms with Crippen molar-refractivity contribution in [3.05, 3.63) is 77.1 Å². The van der Waals surface area contributed by atoms with Gasteiger partial charge < -0.3 is 14.8 Å². The van der Waals surface area contributed by atoms with E-state index in [0.717, 1.165) is 16.7 Å². The van der Waals surface area contributed by atoms with E-state index in [4.69, 9.17) is 9.56 Å². The lowest BCUT2D eigenvalue weighted by atomic mass is 10.0. The molecule has 0 spiro atoms. The molecule has 1 saturated carbocycles. The summed E-state index contributed by atoms with van der Waals surface area (Å²) in [5.41, 5.74) is 3.38. The number of aliphatic hydroxyl groups is 1. The van der Waals surface area contributed by atoms with Crippen LogP contribution in [-0.2, 0) is 20.9 Å². The third kappa shape index (κ3) is 6.06. The van der Waals surface area contributed by atoms with E-state index in [-0.39, 0.29) is 29.8 Å². The largest absolute Gasteiger partial charge is 0.461 e. The Bertz CT molecular complexity index is 1280. The van der Waals surface area contributed by atoms with Gasteiger partial charge in [-0.2, -0.15) is 8.42 Å². The Hall–Kier alpha value is -3.12. The van der Waals surface area contributed by atoms with E-state index in [1.165, 1.54) is 12.5 Å². The summed E-state index contributed by atoms with van der Waals surface area (Å²) in [7, 11) is -4.09. The highest BCUT2D eigenvalue weighted by atomic mass is 32.2. The number of aromatic nitrogens is 2. The SMILES string of the molecule is Cc1cccc(Cc2coc(C(=O)c3cncnc3N[C@@H]3C[C@H](COS(N)(=O)=O)[C@@H](O)C3)c2)c1. The van der Waals surface area contributed by atoms with Crippen molar-refractivity contribution in [3.63, 3.8) is 0 Å². The minimum Gasteiger partial charge on any atom is -0.461 e. The molecule has 0 amide bonds. The Labute approximate surface area is 197 Å². The van der Waals surface area contributed by atoms with Crippen LogP contribution in [0.4, 0.5) is 5.82 Å². The number of benzene rings is 1. The molecular weight excluding hydrogens is 460 g/mol. The van der Waals surface area contributed by atoms with Gasteiger partial charge in [0.25, 0.3) is 0 Å². The van der Waals surface area contributed by atoms with Crippen LogP contribution in [-0.4, -0.2) is 48.0 Å². The van der Waals surface area contributed by atoms with Gasteiger partial charge in [-0.15, -0.1) is 0 Å². The molecule has 0 bridgehead atoms. The van der Waals surface area contributed by atoms with Crippen LogP contribution in [0.3, 0.4) is 0 Å². The molecule has 2 aromatic heterocycles. The predicted octanol–water partition coefficient (Wildman–Crippen LogP) is 1.97.